The normalized spacial score (nSPS) is 19.4. The van der Waals surface area contributed by atoms with Crippen molar-refractivity contribution in [3.05, 3.63) is 0 Å². The molecule has 4 N–H and O–H groups in total. The van der Waals surface area contributed by atoms with Crippen molar-refractivity contribution >= 4 is 19.3 Å². The Hall–Kier alpha value is 0.154. The zero-order valence-corrected chi connectivity index (χ0v) is 16.1. The van der Waals surface area contributed by atoms with Crippen molar-refractivity contribution in [3.63, 3.8) is 0 Å². The minimum atomic E-state index is -2.63. The highest BCUT2D eigenvalue weighted by atomic mass is 28.4. The summed E-state index contributed by atoms with van der Waals surface area (Å²) in [6.45, 7) is 2.43. The molecule has 0 amide bonds. The van der Waals surface area contributed by atoms with E-state index < -0.39 is 8.80 Å². The summed E-state index contributed by atoms with van der Waals surface area (Å²) in [5, 5.41) is 0. The Labute approximate surface area is 126 Å². The van der Waals surface area contributed by atoms with Gasteiger partial charge in [-0.3, -0.25) is 0 Å². The second-order valence-corrected chi connectivity index (χ2v) is 8.27. The average molecular weight is 327 g/mol. The number of unbranched alkanes of at least 4 members (excludes halogenated alkanes) is 1. The van der Waals surface area contributed by atoms with E-state index in [9.17, 15) is 0 Å². The zero-order chi connectivity index (χ0) is 15.4. The molecule has 1 saturated heterocycles. The van der Waals surface area contributed by atoms with Gasteiger partial charge in [0.1, 0.15) is 16.6 Å². The molecule has 0 aromatic heterocycles. The fourth-order valence-corrected chi connectivity index (χ4v) is 4.08. The molecule has 2 atom stereocenters. The first-order valence-electron chi connectivity index (χ1n) is 6.81. The first-order chi connectivity index (χ1) is 9.60. The average Bonchev–Trinajstić information content (AvgIpc) is 3.27. The second kappa shape index (κ2) is 11.8. The third-order valence-corrected chi connectivity index (χ3v) is 6.27. The number of hydrogen-bond donors (Lipinski definition) is 2. The van der Waals surface area contributed by atoms with Gasteiger partial charge in [-0.05, 0) is 19.4 Å². The molecule has 1 fully saturated rings. The predicted molar refractivity (Wildman–Crippen MR) is 83.3 cm³/mol. The molecule has 122 valence electrons. The summed E-state index contributed by atoms with van der Waals surface area (Å²) in [5.74, 6) is 0. The molecule has 0 spiro atoms. The van der Waals surface area contributed by atoms with Gasteiger partial charge in [-0.2, -0.15) is 0 Å². The van der Waals surface area contributed by atoms with Gasteiger partial charge in [0.25, 0.3) is 0 Å². The molecule has 0 radical (unpaired) electrons. The van der Waals surface area contributed by atoms with Gasteiger partial charge in [-0.1, -0.05) is 6.42 Å². The molecule has 9 heteroatoms. The first-order valence-corrected chi connectivity index (χ1v) is 9.43. The van der Waals surface area contributed by atoms with Crippen LogP contribution in [0.2, 0.25) is 0 Å². The van der Waals surface area contributed by atoms with Crippen LogP contribution >= 0.6 is 0 Å². The summed E-state index contributed by atoms with van der Waals surface area (Å²) in [5.41, 5.74) is 11.2. The highest BCUT2D eigenvalue weighted by molar-refractivity contribution is 6.62. The maximum absolute atomic E-state index is 5.97. The lowest BCUT2D eigenvalue weighted by atomic mass is 10.2. The summed E-state index contributed by atoms with van der Waals surface area (Å²) in [6, 6.07) is 0. The molecule has 0 aromatic carbocycles. The van der Waals surface area contributed by atoms with E-state index in [0.717, 1.165) is 43.0 Å². The maximum atomic E-state index is 5.97. The molecule has 0 aliphatic carbocycles. The van der Waals surface area contributed by atoms with Crippen molar-refractivity contribution in [1.82, 2.24) is 0 Å². The fourth-order valence-electron chi connectivity index (χ4n) is 1.74. The highest BCUT2D eigenvalue weighted by Gasteiger charge is 2.44. The van der Waals surface area contributed by atoms with Crippen LogP contribution in [0.3, 0.4) is 0 Å². The second-order valence-electron chi connectivity index (χ2n) is 4.52. The molecule has 1 heterocycles. The molecule has 0 bridgehead atoms. The summed E-state index contributed by atoms with van der Waals surface area (Å²) < 4.78 is 25.5. The Kier molecular flexibility index (Phi) is 11.9. The molecule has 1 aliphatic rings. The Bertz CT molecular complexity index is 223. The summed E-state index contributed by atoms with van der Waals surface area (Å²) in [7, 11) is 2.93. The zero-order valence-electron chi connectivity index (χ0n) is 13.1. The van der Waals surface area contributed by atoms with Crippen molar-refractivity contribution < 1.29 is 22.4 Å². The van der Waals surface area contributed by atoms with E-state index in [4.69, 9.17) is 33.9 Å². The van der Waals surface area contributed by atoms with Crippen molar-refractivity contribution in [2.75, 3.05) is 41.1 Å². The molecule has 7 nitrogen and oxygen atoms in total. The number of nitrogens with two attached hydrogens (primary N) is 2. The summed E-state index contributed by atoms with van der Waals surface area (Å²) in [6.07, 6.45) is 3.22. The Morgan fingerprint density at radius 2 is 1.80 bits per heavy atom. The minimum absolute atomic E-state index is 0.172. The van der Waals surface area contributed by atoms with Gasteiger partial charge in [0, 0.05) is 21.3 Å². The Morgan fingerprint density at radius 3 is 2.10 bits per heavy atom. The fraction of sp³-hybridized carbons (Fsp3) is 1.00. The lowest BCUT2D eigenvalue weighted by molar-refractivity contribution is 0.111. The third kappa shape index (κ3) is 7.81. The van der Waals surface area contributed by atoms with E-state index in [-0.39, 0.29) is 5.67 Å². The van der Waals surface area contributed by atoms with Gasteiger partial charge in [0.15, 0.2) is 0 Å². The lowest BCUT2D eigenvalue weighted by Crippen LogP contribution is -2.58. The lowest BCUT2D eigenvalue weighted by Gasteiger charge is -2.29. The highest BCUT2D eigenvalue weighted by Crippen LogP contribution is 2.14. The number of epoxide rings is 1. The van der Waals surface area contributed by atoms with Gasteiger partial charge >= 0.3 is 8.80 Å². The number of ether oxygens (including phenoxy) is 1. The van der Waals surface area contributed by atoms with Crippen LogP contribution in [0.15, 0.2) is 0 Å². The van der Waals surface area contributed by atoms with Crippen molar-refractivity contribution in [3.8, 4) is 0 Å². The molecule has 1 aliphatic heterocycles. The molecular formula is C11H30N2O5Si2. The molecule has 1 rings (SSSR count). The van der Waals surface area contributed by atoms with Gasteiger partial charge in [0.2, 0.25) is 0 Å². The Balaban J connectivity index is 0.000000493. The summed E-state index contributed by atoms with van der Waals surface area (Å²) in [4.78, 5) is 0. The largest absolute Gasteiger partial charge is 0.517 e. The van der Waals surface area contributed by atoms with E-state index in [1.165, 1.54) is 0 Å². The number of rotatable bonds is 10. The smallest absolute Gasteiger partial charge is 0.425 e. The van der Waals surface area contributed by atoms with Gasteiger partial charge in [-0.15, -0.1) is 0 Å². The first kappa shape index (κ1) is 20.2. The van der Waals surface area contributed by atoms with Crippen LogP contribution in [0.5, 0.6) is 0 Å². The maximum Gasteiger partial charge on any atom is 0.517 e. The van der Waals surface area contributed by atoms with Crippen LogP contribution < -0.4 is 11.5 Å². The third-order valence-electron chi connectivity index (χ3n) is 3.03. The van der Waals surface area contributed by atoms with Crippen molar-refractivity contribution in [1.29, 1.82) is 0 Å². The topological polar surface area (TPSA) is 101 Å². The van der Waals surface area contributed by atoms with Crippen LogP contribution in [0.25, 0.3) is 0 Å². The van der Waals surface area contributed by atoms with Crippen LogP contribution in [0.1, 0.15) is 19.3 Å². The number of hydrogen-bond acceptors (Lipinski definition) is 7. The van der Waals surface area contributed by atoms with Crippen LogP contribution in [-0.2, 0) is 22.4 Å². The standard InChI is InChI=1S/C8H22N2O3Si.C3H8O2Si/c1-11-14(12-2,13-3)8(10)6-4-5-7-9;6-5-2-3-1-4-3/h8H,4-7,9-10H2,1-3H3;3H,1-2H2,6H3. The Morgan fingerprint density at radius 1 is 1.25 bits per heavy atom. The van der Waals surface area contributed by atoms with E-state index in [0.29, 0.717) is 12.6 Å². The minimum Gasteiger partial charge on any atom is -0.425 e. The van der Waals surface area contributed by atoms with Gasteiger partial charge < -0.3 is 33.9 Å². The van der Waals surface area contributed by atoms with E-state index in [1.807, 2.05) is 0 Å². The molecule has 0 aromatic rings. The van der Waals surface area contributed by atoms with Gasteiger partial charge in [-0.25, -0.2) is 0 Å². The molecule has 2 unspecified atom stereocenters. The van der Waals surface area contributed by atoms with Gasteiger partial charge in [0.05, 0.1) is 18.9 Å². The quantitative estimate of drug-likeness (QED) is 0.287. The van der Waals surface area contributed by atoms with Crippen LogP contribution in [0.4, 0.5) is 0 Å². The molecule has 0 saturated carbocycles. The van der Waals surface area contributed by atoms with Crippen LogP contribution in [-0.4, -0.2) is 72.1 Å². The van der Waals surface area contributed by atoms with Crippen molar-refractivity contribution in [2.45, 2.75) is 31.0 Å². The van der Waals surface area contributed by atoms with Crippen LogP contribution in [0, 0.1) is 0 Å². The summed E-state index contributed by atoms with van der Waals surface area (Å²) >= 11 is 0. The molecular weight excluding hydrogens is 296 g/mol. The monoisotopic (exact) mass is 326 g/mol. The SMILES string of the molecule is CO[Si](OC)(OC)C(N)CCCCN.[SiH3]OCC1CO1. The van der Waals surface area contributed by atoms with E-state index in [1.54, 1.807) is 21.3 Å². The van der Waals surface area contributed by atoms with Crippen molar-refractivity contribution in [2.24, 2.45) is 11.5 Å². The van der Waals surface area contributed by atoms with E-state index in [2.05, 4.69) is 0 Å². The van der Waals surface area contributed by atoms with E-state index >= 15 is 0 Å². The molecule has 20 heavy (non-hydrogen) atoms. The predicted octanol–water partition coefficient (Wildman–Crippen LogP) is -1.46.